The Morgan fingerprint density at radius 3 is 2.00 bits per heavy atom. The second-order valence-electron chi connectivity index (χ2n) is 6.37. The number of rotatable bonds is 7. The zero-order valence-corrected chi connectivity index (χ0v) is 17.3. The number of ketones is 1. The predicted molar refractivity (Wildman–Crippen MR) is 109 cm³/mol. The molecule has 162 valence electrons. The summed E-state index contributed by atoms with van der Waals surface area (Å²) in [6.45, 7) is 0. The average Bonchev–Trinajstić information content (AvgIpc) is 3.01. The van der Waals surface area contributed by atoms with Gasteiger partial charge in [0.1, 0.15) is 23.0 Å². The number of ether oxygens (including phenoxy) is 4. The number of Topliss-reactive ketones (excluding diaryl/α,β-unsaturated/α-hetero) is 1. The quantitative estimate of drug-likeness (QED) is 0.399. The Labute approximate surface area is 177 Å². The van der Waals surface area contributed by atoms with Gasteiger partial charge >= 0.3 is 5.91 Å². The second-order valence-corrected chi connectivity index (χ2v) is 6.37. The largest absolute Gasteiger partial charge is 0.497 e. The molecule has 3 rings (SSSR count). The van der Waals surface area contributed by atoms with Crippen LogP contribution in [0, 0.1) is 5.92 Å². The number of carbonyl (C=O) groups excluding carboxylic acids is 4. The summed E-state index contributed by atoms with van der Waals surface area (Å²) in [4.78, 5) is 51.4. The Balaban J connectivity index is 1.91. The minimum atomic E-state index is -1.84. The van der Waals surface area contributed by atoms with Crippen molar-refractivity contribution in [1.82, 2.24) is 0 Å². The maximum absolute atomic E-state index is 12.9. The number of methoxy groups -OCH3 is 4. The summed E-state index contributed by atoms with van der Waals surface area (Å²) in [5, 5.41) is 2.46. The summed E-state index contributed by atoms with van der Waals surface area (Å²) in [5.74, 6) is -4.76. The number of benzene rings is 2. The number of carbonyl (C=O) groups is 4. The first-order valence-corrected chi connectivity index (χ1v) is 9.03. The number of nitrogens with one attached hydrogen (secondary N) is 1. The lowest BCUT2D eigenvalue weighted by Crippen LogP contribution is -2.35. The lowest BCUT2D eigenvalue weighted by molar-refractivity contribution is -0.139. The summed E-state index contributed by atoms with van der Waals surface area (Å²) in [7, 11) is 5.64. The SMILES string of the molecule is COc1ccc(NC(=O)[C@@H]2C(=O)C(=O)N(c3ccc(OC)cc3OC)C2=O)c(OC)c1. The van der Waals surface area contributed by atoms with Crippen molar-refractivity contribution in [3.8, 4) is 23.0 Å². The van der Waals surface area contributed by atoms with E-state index in [1.54, 1.807) is 6.07 Å². The molecule has 0 aromatic heterocycles. The van der Waals surface area contributed by atoms with Crippen LogP contribution in [0.4, 0.5) is 11.4 Å². The Bertz CT molecular complexity index is 1070. The third-order valence-electron chi connectivity index (χ3n) is 4.70. The maximum Gasteiger partial charge on any atom is 0.302 e. The number of hydrogen-bond donors (Lipinski definition) is 1. The van der Waals surface area contributed by atoms with Crippen molar-refractivity contribution in [2.24, 2.45) is 5.92 Å². The highest BCUT2D eigenvalue weighted by Crippen LogP contribution is 2.36. The van der Waals surface area contributed by atoms with Crippen molar-refractivity contribution in [3.05, 3.63) is 36.4 Å². The summed E-state index contributed by atoms with van der Waals surface area (Å²) in [5.41, 5.74) is 0.241. The van der Waals surface area contributed by atoms with Gasteiger partial charge in [-0.25, -0.2) is 4.90 Å². The summed E-state index contributed by atoms with van der Waals surface area (Å²) in [6, 6.07) is 8.93. The molecule has 1 aliphatic rings. The van der Waals surface area contributed by atoms with Gasteiger partial charge < -0.3 is 24.3 Å². The summed E-state index contributed by atoms with van der Waals surface area (Å²) < 4.78 is 20.6. The first-order chi connectivity index (χ1) is 14.9. The molecule has 1 aliphatic heterocycles. The number of nitrogens with zero attached hydrogens (tertiary/aromatic N) is 1. The highest BCUT2D eigenvalue weighted by molar-refractivity contribution is 6.60. The van der Waals surface area contributed by atoms with Crippen LogP contribution in [-0.4, -0.2) is 51.9 Å². The van der Waals surface area contributed by atoms with E-state index in [2.05, 4.69) is 5.32 Å². The monoisotopic (exact) mass is 428 g/mol. The Morgan fingerprint density at radius 2 is 1.42 bits per heavy atom. The van der Waals surface area contributed by atoms with Crippen LogP contribution in [0.25, 0.3) is 0 Å². The Morgan fingerprint density at radius 1 is 0.839 bits per heavy atom. The van der Waals surface area contributed by atoms with Crippen molar-refractivity contribution in [2.45, 2.75) is 0 Å². The molecule has 1 N–H and O–H groups in total. The van der Waals surface area contributed by atoms with E-state index in [4.69, 9.17) is 18.9 Å². The van der Waals surface area contributed by atoms with Crippen molar-refractivity contribution < 1.29 is 38.1 Å². The minimum Gasteiger partial charge on any atom is -0.497 e. The summed E-state index contributed by atoms with van der Waals surface area (Å²) >= 11 is 0. The van der Waals surface area contributed by atoms with E-state index in [1.807, 2.05) is 0 Å². The van der Waals surface area contributed by atoms with E-state index in [9.17, 15) is 19.2 Å². The molecule has 0 bridgehead atoms. The molecule has 1 atom stereocenters. The molecule has 1 heterocycles. The van der Waals surface area contributed by atoms with Crippen molar-refractivity contribution in [3.63, 3.8) is 0 Å². The molecule has 0 aliphatic carbocycles. The van der Waals surface area contributed by atoms with Gasteiger partial charge in [0, 0.05) is 12.1 Å². The molecule has 2 aromatic rings. The maximum atomic E-state index is 12.9. The van der Waals surface area contributed by atoms with Gasteiger partial charge in [-0.3, -0.25) is 19.2 Å². The van der Waals surface area contributed by atoms with Crippen LogP contribution in [0.3, 0.4) is 0 Å². The van der Waals surface area contributed by atoms with Crippen LogP contribution >= 0.6 is 0 Å². The van der Waals surface area contributed by atoms with E-state index in [1.165, 1.54) is 58.8 Å². The number of amides is 3. The molecule has 3 amide bonds. The fourth-order valence-corrected chi connectivity index (χ4v) is 3.11. The normalized spacial score (nSPS) is 15.7. The lowest BCUT2D eigenvalue weighted by Gasteiger charge is -2.18. The van der Waals surface area contributed by atoms with Crippen LogP contribution in [0.1, 0.15) is 0 Å². The van der Waals surface area contributed by atoms with E-state index in [0.717, 1.165) is 0 Å². The van der Waals surface area contributed by atoms with E-state index >= 15 is 0 Å². The molecule has 1 saturated heterocycles. The van der Waals surface area contributed by atoms with Gasteiger partial charge in [-0.1, -0.05) is 0 Å². The van der Waals surface area contributed by atoms with Gasteiger partial charge in [-0.05, 0) is 24.3 Å². The van der Waals surface area contributed by atoms with Crippen LogP contribution in [0.2, 0.25) is 0 Å². The molecule has 31 heavy (non-hydrogen) atoms. The third kappa shape index (κ3) is 3.87. The van der Waals surface area contributed by atoms with Crippen LogP contribution < -0.4 is 29.2 Å². The second kappa shape index (κ2) is 8.74. The lowest BCUT2D eigenvalue weighted by atomic mass is 10.1. The van der Waals surface area contributed by atoms with Gasteiger partial charge in [0.2, 0.25) is 11.7 Å². The first-order valence-electron chi connectivity index (χ1n) is 9.03. The fraction of sp³-hybridized carbons (Fsp3) is 0.238. The number of hydrogen-bond acceptors (Lipinski definition) is 8. The molecule has 0 saturated carbocycles. The number of anilines is 2. The highest BCUT2D eigenvalue weighted by atomic mass is 16.5. The highest BCUT2D eigenvalue weighted by Gasteiger charge is 2.52. The van der Waals surface area contributed by atoms with Crippen molar-refractivity contribution >= 4 is 34.9 Å². The molecule has 10 nitrogen and oxygen atoms in total. The molecule has 0 spiro atoms. The molecule has 1 fully saturated rings. The number of imide groups is 1. The molecule has 0 radical (unpaired) electrons. The zero-order chi connectivity index (χ0) is 22.7. The Hall–Kier alpha value is -4.08. The Kier molecular flexibility index (Phi) is 6.10. The smallest absolute Gasteiger partial charge is 0.302 e. The topological polar surface area (TPSA) is 120 Å². The first kappa shape index (κ1) is 21.6. The van der Waals surface area contributed by atoms with Gasteiger partial charge in [-0.2, -0.15) is 0 Å². The molecular formula is C21H20N2O8. The summed E-state index contributed by atoms with van der Waals surface area (Å²) in [6.07, 6.45) is 0. The molecule has 10 heteroatoms. The standard InChI is InChI=1S/C21H20N2O8/c1-28-11-5-7-13(15(9-11)30-3)22-19(25)17-18(24)21(27)23(20(17)26)14-8-6-12(29-2)10-16(14)31-4/h5-10,17H,1-4H3,(H,22,25)/t17-/m0/s1. The van der Waals surface area contributed by atoms with Crippen molar-refractivity contribution in [1.29, 1.82) is 0 Å². The van der Waals surface area contributed by atoms with Gasteiger partial charge in [-0.15, -0.1) is 0 Å². The van der Waals surface area contributed by atoms with E-state index in [0.29, 0.717) is 16.4 Å². The van der Waals surface area contributed by atoms with E-state index in [-0.39, 0.29) is 22.9 Å². The van der Waals surface area contributed by atoms with Crippen molar-refractivity contribution in [2.75, 3.05) is 38.7 Å². The van der Waals surface area contributed by atoms with Crippen LogP contribution in [0.5, 0.6) is 23.0 Å². The molecule has 0 unspecified atom stereocenters. The third-order valence-corrected chi connectivity index (χ3v) is 4.70. The minimum absolute atomic E-state index is 0.0315. The van der Waals surface area contributed by atoms with Gasteiger partial charge in [0.25, 0.3) is 5.91 Å². The molecular weight excluding hydrogens is 408 g/mol. The van der Waals surface area contributed by atoms with E-state index < -0.39 is 29.4 Å². The van der Waals surface area contributed by atoms with Gasteiger partial charge in [0.15, 0.2) is 5.92 Å². The zero-order valence-electron chi connectivity index (χ0n) is 17.3. The van der Waals surface area contributed by atoms with Crippen LogP contribution in [0.15, 0.2) is 36.4 Å². The van der Waals surface area contributed by atoms with Gasteiger partial charge in [0.05, 0.1) is 39.8 Å². The fourth-order valence-electron chi connectivity index (χ4n) is 3.11. The van der Waals surface area contributed by atoms with Crippen LogP contribution in [-0.2, 0) is 19.2 Å². The molecule has 2 aromatic carbocycles. The predicted octanol–water partition coefficient (Wildman–Crippen LogP) is 1.42. The average molecular weight is 428 g/mol.